The number of aromatic amines is 2. The summed E-state index contributed by atoms with van der Waals surface area (Å²) in [4.78, 5) is 28.8. The van der Waals surface area contributed by atoms with Gasteiger partial charge in [0.05, 0.1) is 11.0 Å². The van der Waals surface area contributed by atoms with E-state index in [1.165, 1.54) is 19.3 Å². The number of aromatic nitrogens is 2. The van der Waals surface area contributed by atoms with Crippen molar-refractivity contribution in [1.29, 1.82) is 0 Å². The molecule has 0 fully saturated rings. The predicted molar refractivity (Wildman–Crippen MR) is 84.3 cm³/mol. The van der Waals surface area contributed by atoms with Gasteiger partial charge in [0.1, 0.15) is 0 Å². The van der Waals surface area contributed by atoms with Crippen molar-refractivity contribution in [2.75, 3.05) is 0 Å². The summed E-state index contributed by atoms with van der Waals surface area (Å²) in [5, 5.41) is 0. The van der Waals surface area contributed by atoms with Crippen LogP contribution in [0.5, 0.6) is 0 Å². The monoisotopic (exact) mass is 338 g/mol. The Bertz CT molecular complexity index is 657. The highest BCUT2D eigenvalue weighted by Crippen LogP contribution is 2.23. The molecule has 0 spiro atoms. The Morgan fingerprint density at radius 3 is 2.45 bits per heavy atom. The quantitative estimate of drug-likeness (QED) is 0.587. The Morgan fingerprint density at radius 2 is 1.75 bits per heavy atom. The normalized spacial score (nSPS) is 11.1. The average Bonchev–Trinajstić information content (AvgIpc) is 2.76. The van der Waals surface area contributed by atoms with Crippen LogP contribution in [-0.4, -0.2) is 15.8 Å². The van der Waals surface area contributed by atoms with Gasteiger partial charge < -0.3 is 9.97 Å². The zero-order valence-electron chi connectivity index (χ0n) is 11.6. The standard InChI is InChI=1S/C15H19BrN2O2/c1-2-3-4-5-6-7-14(19)10-8-12-13(9-11(10)16)18-15(20)17-12/h8-9H,2-7H2,1H3,(H2,17,18,20). The van der Waals surface area contributed by atoms with Crippen molar-refractivity contribution in [3.05, 3.63) is 32.7 Å². The van der Waals surface area contributed by atoms with E-state index in [4.69, 9.17) is 0 Å². The molecule has 4 nitrogen and oxygen atoms in total. The van der Waals surface area contributed by atoms with Crippen LogP contribution in [0, 0.1) is 0 Å². The molecule has 0 aliphatic heterocycles. The minimum Gasteiger partial charge on any atom is -0.306 e. The van der Waals surface area contributed by atoms with E-state index in [2.05, 4.69) is 32.8 Å². The van der Waals surface area contributed by atoms with Gasteiger partial charge in [0.15, 0.2) is 5.78 Å². The number of imidazole rings is 1. The number of carbonyl (C=O) groups excluding carboxylic acids is 1. The third kappa shape index (κ3) is 3.60. The second-order valence-electron chi connectivity index (χ2n) is 5.04. The number of fused-ring (bicyclic) bond motifs is 1. The molecule has 0 aliphatic rings. The molecule has 20 heavy (non-hydrogen) atoms. The van der Waals surface area contributed by atoms with Crippen molar-refractivity contribution >= 4 is 32.7 Å². The first-order valence-electron chi connectivity index (χ1n) is 7.06. The predicted octanol–water partition coefficient (Wildman–Crippen LogP) is 4.16. The van der Waals surface area contributed by atoms with Gasteiger partial charge in [-0.25, -0.2) is 4.79 Å². The van der Waals surface area contributed by atoms with Crippen LogP contribution < -0.4 is 5.69 Å². The number of benzene rings is 1. The van der Waals surface area contributed by atoms with Gasteiger partial charge in [0.2, 0.25) is 0 Å². The lowest BCUT2D eigenvalue weighted by molar-refractivity contribution is 0.0978. The summed E-state index contributed by atoms with van der Waals surface area (Å²) in [5.41, 5.74) is 1.77. The van der Waals surface area contributed by atoms with Gasteiger partial charge >= 0.3 is 5.69 Å². The molecular weight excluding hydrogens is 320 g/mol. The second kappa shape index (κ2) is 6.88. The van der Waals surface area contributed by atoms with Crippen molar-refractivity contribution in [2.24, 2.45) is 0 Å². The zero-order chi connectivity index (χ0) is 14.5. The maximum atomic E-state index is 12.2. The summed E-state index contributed by atoms with van der Waals surface area (Å²) in [5.74, 6) is 0.123. The van der Waals surface area contributed by atoms with E-state index in [0.29, 0.717) is 23.0 Å². The van der Waals surface area contributed by atoms with Crippen molar-refractivity contribution in [3.8, 4) is 0 Å². The maximum absolute atomic E-state index is 12.2. The summed E-state index contributed by atoms with van der Waals surface area (Å²) in [7, 11) is 0. The molecule has 0 saturated heterocycles. The Morgan fingerprint density at radius 1 is 1.10 bits per heavy atom. The number of carbonyl (C=O) groups is 1. The summed E-state index contributed by atoms with van der Waals surface area (Å²) in [6.45, 7) is 2.18. The first-order chi connectivity index (χ1) is 9.61. The lowest BCUT2D eigenvalue weighted by atomic mass is 10.0. The Labute approximate surface area is 126 Å². The number of Topliss-reactive ketones (excluding diaryl/α,β-unsaturated/α-hetero) is 1. The average molecular weight is 339 g/mol. The summed E-state index contributed by atoms with van der Waals surface area (Å²) >= 11 is 3.40. The molecule has 0 aliphatic carbocycles. The summed E-state index contributed by atoms with van der Waals surface area (Å²) in [6.07, 6.45) is 6.20. The van der Waals surface area contributed by atoms with Gasteiger partial charge in [-0.15, -0.1) is 0 Å². The van der Waals surface area contributed by atoms with Gasteiger partial charge in [-0.3, -0.25) is 4.79 Å². The SMILES string of the molecule is CCCCCCCC(=O)c1cc2[nH]c(=O)[nH]c2cc1Br. The van der Waals surface area contributed by atoms with Gasteiger partial charge in [-0.2, -0.15) is 0 Å². The van der Waals surface area contributed by atoms with Gasteiger partial charge in [0.25, 0.3) is 0 Å². The van der Waals surface area contributed by atoms with Crippen LogP contribution in [0.1, 0.15) is 55.8 Å². The number of halogens is 1. The molecule has 0 atom stereocenters. The molecule has 0 bridgehead atoms. The van der Waals surface area contributed by atoms with E-state index in [-0.39, 0.29) is 11.5 Å². The number of unbranched alkanes of at least 4 members (excludes halogenated alkanes) is 4. The lowest BCUT2D eigenvalue weighted by Crippen LogP contribution is -2.00. The molecule has 108 valence electrons. The van der Waals surface area contributed by atoms with Crippen LogP contribution in [0.4, 0.5) is 0 Å². The van der Waals surface area contributed by atoms with Crippen LogP contribution in [-0.2, 0) is 0 Å². The van der Waals surface area contributed by atoms with Gasteiger partial charge in [-0.05, 0) is 34.5 Å². The Balaban J connectivity index is 2.05. The number of nitrogens with one attached hydrogen (secondary N) is 2. The van der Waals surface area contributed by atoms with Crippen LogP contribution in [0.3, 0.4) is 0 Å². The number of hydrogen-bond donors (Lipinski definition) is 2. The third-order valence-corrected chi connectivity index (χ3v) is 4.07. The fourth-order valence-corrected chi connectivity index (χ4v) is 2.86. The highest BCUT2D eigenvalue weighted by atomic mass is 79.9. The van der Waals surface area contributed by atoms with E-state index >= 15 is 0 Å². The molecule has 1 aromatic heterocycles. The molecular formula is C15H19BrN2O2. The van der Waals surface area contributed by atoms with Crippen molar-refractivity contribution < 1.29 is 4.79 Å². The van der Waals surface area contributed by atoms with E-state index in [1.54, 1.807) is 12.1 Å². The van der Waals surface area contributed by atoms with E-state index in [0.717, 1.165) is 17.3 Å². The third-order valence-electron chi connectivity index (χ3n) is 3.41. The molecule has 0 unspecified atom stereocenters. The van der Waals surface area contributed by atoms with Crippen molar-refractivity contribution in [1.82, 2.24) is 9.97 Å². The van der Waals surface area contributed by atoms with E-state index in [9.17, 15) is 9.59 Å². The molecule has 0 saturated carbocycles. The largest absolute Gasteiger partial charge is 0.323 e. The molecule has 2 N–H and O–H groups in total. The smallest absolute Gasteiger partial charge is 0.306 e. The maximum Gasteiger partial charge on any atom is 0.323 e. The zero-order valence-corrected chi connectivity index (χ0v) is 13.2. The highest BCUT2D eigenvalue weighted by molar-refractivity contribution is 9.10. The number of H-pyrrole nitrogens is 2. The first kappa shape index (κ1) is 15.0. The fourth-order valence-electron chi connectivity index (χ4n) is 2.29. The summed E-state index contributed by atoms with van der Waals surface area (Å²) in [6, 6.07) is 3.52. The van der Waals surface area contributed by atoms with E-state index in [1.807, 2.05) is 0 Å². The molecule has 0 amide bonds. The minimum absolute atomic E-state index is 0.123. The first-order valence-corrected chi connectivity index (χ1v) is 7.86. The summed E-state index contributed by atoms with van der Waals surface area (Å²) < 4.78 is 0.735. The van der Waals surface area contributed by atoms with Crippen LogP contribution in [0.2, 0.25) is 0 Å². The topological polar surface area (TPSA) is 65.7 Å². The minimum atomic E-state index is -0.254. The van der Waals surface area contributed by atoms with Crippen LogP contribution in [0.15, 0.2) is 21.4 Å². The van der Waals surface area contributed by atoms with Crippen molar-refractivity contribution in [2.45, 2.75) is 45.4 Å². The van der Waals surface area contributed by atoms with E-state index < -0.39 is 0 Å². The van der Waals surface area contributed by atoms with Gasteiger partial charge in [-0.1, -0.05) is 32.6 Å². The lowest BCUT2D eigenvalue weighted by Gasteiger charge is -2.04. The molecule has 0 radical (unpaired) electrons. The van der Waals surface area contributed by atoms with Crippen LogP contribution >= 0.6 is 15.9 Å². The molecule has 2 aromatic rings. The molecule has 1 heterocycles. The van der Waals surface area contributed by atoms with Crippen LogP contribution in [0.25, 0.3) is 11.0 Å². The van der Waals surface area contributed by atoms with Gasteiger partial charge in [0, 0.05) is 16.5 Å². The Hall–Kier alpha value is -1.36. The highest BCUT2D eigenvalue weighted by Gasteiger charge is 2.12. The second-order valence-corrected chi connectivity index (χ2v) is 5.90. The molecule has 5 heteroatoms. The van der Waals surface area contributed by atoms with Crippen molar-refractivity contribution in [3.63, 3.8) is 0 Å². The fraction of sp³-hybridized carbons (Fsp3) is 0.467. The molecule has 1 aromatic carbocycles. The number of ketones is 1. The Kier molecular flexibility index (Phi) is 5.17. The molecule has 2 rings (SSSR count). The number of hydrogen-bond acceptors (Lipinski definition) is 2. The number of rotatable bonds is 7.